The van der Waals surface area contributed by atoms with Crippen LogP contribution < -0.4 is 10.6 Å². The van der Waals surface area contributed by atoms with Crippen LogP contribution in [-0.4, -0.2) is 42.9 Å². The summed E-state index contributed by atoms with van der Waals surface area (Å²) in [6.07, 6.45) is 0. The van der Waals surface area contributed by atoms with Gasteiger partial charge in [-0.25, -0.2) is 0 Å². The summed E-state index contributed by atoms with van der Waals surface area (Å²) in [5, 5.41) is 6.36. The van der Waals surface area contributed by atoms with E-state index in [1.165, 1.54) is 0 Å². The van der Waals surface area contributed by atoms with Crippen LogP contribution in [0.25, 0.3) is 0 Å². The number of carbonyl (C=O) groups is 2. The van der Waals surface area contributed by atoms with Crippen molar-refractivity contribution in [1.82, 2.24) is 15.5 Å². The molecule has 0 aliphatic carbocycles. The predicted molar refractivity (Wildman–Crippen MR) is 88.8 cm³/mol. The van der Waals surface area contributed by atoms with Gasteiger partial charge >= 0.3 is 0 Å². The maximum absolute atomic E-state index is 12.0. The third-order valence-electron chi connectivity index (χ3n) is 3.02. The van der Waals surface area contributed by atoms with E-state index in [1.54, 1.807) is 24.1 Å². The molecule has 2 amide bonds. The van der Waals surface area contributed by atoms with E-state index in [4.69, 9.17) is 11.6 Å². The molecule has 0 fully saturated rings. The molecule has 5 nitrogen and oxygen atoms in total. The van der Waals surface area contributed by atoms with E-state index in [0.29, 0.717) is 5.02 Å². The minimum absolute atomic E-state index is 0.0870. The number of amides is 2. The highest BCUT2D eigenvalue weighted by Crippen LogP contribution is 2.15. The molecule has 0 aromatic heterocycles. The fourth-order valence-corrected chi connectivity index (χ4v) is 2.16. The van der Waals surface area contributed by atoms with Gasteiger partial charge in [0, 0.05) is 11.1 Å². The van der Waals surface area contributed by atoms with Crippen LogP contribution in [0.3, 0.4) is 0 Å². The molecule has 0 saturated heterocycles. The molecule has 2 N–H and O–H groups in total. The fourth-order valence-electron chi connectivity index (χ4n) is 2.04. The lowest BCUT2D eigenvalue weighted by atomic mass is 10.1. The highest BCUT2D eigenvalue weighted by Gasteiger charge is 2.14. The number of nitrogens with zero attached hydrogens (tertiary/aromatic N) is 1. The summed E-state index contributed by atoms with van der Waals surface area (Å²) in [4.78, 5) is 25.3. The van der Waals surface area contributed by atoms with Crippen molar-refractivity contribution in [2.75, 3.05) is 20.1 Å². The maximum atomic E-state index is 12.0. The van der Waals surface area contributed by atoms with Crippen molar-refractivity contribution >= 4 is 23.4 Å². The number of likely N-dealkylation sites (N-methyl/N-ethyl adjacent to an activating group) is 1. The monoisotopic (exact) mass is 325 g/mol. The van der Waals surface area contributed by atoms with Gasteiger partial charge in [-0.2, -0.15) is 0 Å². The molecule has 122 valence electrons. The van der Waals surface area contributed by atoms with Gasteiger partial charge in [-0.05, 0) is 45.5 Å². The summed E-state index contributed by atoms with van der Waals surface area (Å²) < 4.78 is 0. The van der Waals surface area contributed by atoms with Crippen molar-refractivity contribution in [3.63, 3.8) is 0 Å². The van der Waals surface area contributed by atoms with Gasteiger partial charge in [-0.1, -0.05) is 23.7 Å². The second-order valence-electron chi connectivity index (χ2n) is 5.74. The Bertz CT molecular complexity index is 503. The Morgan fingerprint density at radius 2 is 1.55 bits per heavy atom. The first-order valence-corrected chi connectivity index (χ1v) is 7.68. The van der Waals surface area contributed by atoms with Gasteiger partial charge in [-0.15, -0.1) is 0 Å². The molecule has 0 aliphatic rings. The summed E-state index contributed by atoms with van der Waals surface area (Å²) in [6.45, 7) is 6.08. The minimum Gasteiger partial charge on any atom is -0.353 e. The number of nitrogens with one attached hydrogen (secondary N) is 2. The standard InChI is InChI=1S/C16H24ClN3O2/c1-11(2)18-15(21)9-20(4)10-16(22)19-12(3)13-5-7-14(17)8-6-13/h5-8,11-12H,9-10H2,1-4H3,(H,18,21)(H,19,22)/t12-/m0/s1. The van der Waals surface area contributed by atoms with Crippen LogP contribution in [0.4, 0.5) is 0 Å². The minimum atomic E-state index is -0.123. The number of benzene rings is 1. The Hall–Kier alpha value is -1.59. The molecule has 6 heteroatoms. The average molecular weight is 326 g/mol. The van der Waals surface area contributed by atoms with Crippen LogP contribution >= 0.6 is 11.6 Å². The van der Waals surface area contributed by atoms with Gasteiger partial charge in [0.05, 0.1) is 19.1 Å². The number of hydrogen-bond acceptors (Lipinski definition) is 3. The van der Waals surface area contributed by atoms with Crippen molar-refractivity contribution in [3.8, 4) is 0 Å². The normalized spacial score (nSPS) is 12.3. The predicted octanol–water partition coefficient (Wildman–Crippen LogP) is 1.97. The van der Waals surface area contributed by atoms with Gasteiger partial charge in [0.25, 0.3) is 0 Å². The molecule has 1 aromatic rings. The Morgan fingerprint density at radius 1 is 1.05 bits per heavy atom. The van der Waals surface area contributed by atoms with Crippen LogP contribution in [0.15, 0.2) is 24.3 Å². The van der Waals surface area contributed by atoms with Crippen LogP contribution in [0, 0.1) is 0 Å². The van der Waals surface area contributed by atoms with E-state index in [0.717, 1.165) is 5.56 Å². The van der Waals surface area contributed by atoms with E-state index in [1.807, 2.05) is 32.9 Å². The molecule has 0 heterocycles. The van der Waals surface area contributed by atoms with Gasteiger partial charge in [0.1, 0.15) is 0 Å². The lowest BCUT2D eigenvalue weighted by Crippen LogP contribution is -2.42. The zero-order chi connectivity index (χ0) is 16.7. The van der Waals surface area contributed by atoms with E-state index in [-0.39, 0.29) is 37.0 Å². The summed E-state index contributed by atoms with van der Waals surface area (Å²) in [5.41, 5.74) is 0.984. The van der Waals surface area contributed by atoms with Crippen LogP contribution in [0.2, 0.25) is 5.02 Å². The van der Waals surface area contributed by atoms with Gasteiger partial charge < -0.3 is 10.6 Å². The van der Waals surface area contributed by atoms with E-state index in [2.05, 4.69) is 10.6 Å². The van der Waals surface area contributed by atoms with Gasteiger partial charge in [0.15, 0.2) is 0 Å². The van der Waals surface area contributed by atoms with Crippen LogP contribution in [-0.2, 0) is 9.59 Å². The number of hydrogen-bond donors (Lipinski definition) is 2. The van der Waals surface area contributed by atoms with E-state index < -0.39 is 0 Å². The zero-order valence-corrected chi connectivity index (χ0v) is 14.3. The lowest BCUT2D eigenvalue weighted by molar-refractivity contribution is -0.125. The second-order valence-corrected chi connectivity index (χ2v) is 6.17. The molecule has 0 bridgehead atoms. The third kappa shape index (κ3) is 6.91. The molecule has 22 heavy (non-hydrogen) atoms. The Balaban J connectivity index is 2.41. The van der Waals surface area contributed by atoms with Gasteiger partial charge in [-0.3, -0.25) is 14.5 Å². The van der Waals surface area contributed by atoms with E-state index in [9.17, 15) is 9.59 Å². The number of carbonyl (C=O) groups excluding carboxylic acids is 2. The second kappa shape index (κ2) is 8.76. The number of rotatable bonds is 7. The van der Waals surface area contributed by atoms with Crippen LogP contribution in [0.5, 0.6) is 0 Å². The quantitative estimate of drug-likeness (QED) is 0.805. The topological polar surface area (TPSA) is 61.4 Å². The third-order valence-corrected chi connectivity index (χ3v) is 3.28. The highest BCUT2D eigenvalue weighted by atomic mass is 35.5. The Labute approximate surface area is 137 Å². The molecule has 0 radical (unpaired) electrons. The molecular weight excluding hydrogens is 302 g/mol. The lowest BCUT2D eigenvalue weighted by Gasteiger charge is -2.19. The fraction of sp³-hybridized carbons (Fsp3) is 0.500. The summed E-state index contributed by atoms with van der Waals surface area (Å²) in [5.74, 6) is -0.210. The first kappa shape index (κ1) is 18.5. The molecule has 1 aromatic carbocycles. The number of halogens is 1. The Morgan fingerprint density at radius 3 is 2.05 bits per heavy atom. The SMILES string of the molecule is CC(C)NC(=O)CN(C)CC(=O)N[C@@H](C)c1ccc(Cl)cc1. The zero-order valence-electron chi connectivity index (χ0n) is 13.5. The first-order valence-electron chi connectivity index (χ1n) is 7.30. The van der Waals surface area contributed by atoms with Crippen LogP contribution in [0.1, 0.15) is 32.4 Å². The molecule has 0 unspecified atom stereocenters. The smallest absolute Gasteiger partial charge is 0.234 e. The van der Waals surface area contributed by atoms with Gasteiger partial charge in [0.2, 0.25) is 11.8 Å². The van der Waals surface area contributed by atoms with Crippen molar-refractivity contribution in [2.24, 2.45) is 0 Å². The van der Waals surface area contributed by atoms with Crippen molar-refractivity contribution in [3.05, 3.63) is 34.9 Å². The molecular formula is C16H24ClN3O2. The van der Waals surface area contributed by atoms with E-state index >= 15 is 0 Å². The average Bonchev–Trinajstić information content (AvgIpc) is 2.37. The largest absolute Gasteiger partial charge is 0.353 e. The highest BCUT2D eigenvalue weighted by molar-refractivity contribution is 6.30. The molecule has 0 saturated carbocycles. The molecule has 0 aliphatic heterocycles. The molecule has 0 spiro atoms. The molecule has 1 atom stereocenters. The summed E-state index contributed by atoms with van der Waals surface area (Å²) in [6, 6.07) is 7.34. The summed E-state index contributed by atoms with van der Waals surface area (Å²) >= 11 is 5.84. The van der Waals surface area contributed by atoms with Crippen molar-refractivity contribution < 1.29 is 9.59 Å². The Kier molecular flexibility index (Phi) is 7.35. The van der Waals surface area contributed by atoms with Crippen molar-refractivity contribution in [2.45, 2.75) is 32.9 Å². The molecule has 1 rings (SSSR count). The summed E-state index contributed by atoms with van der Waals surface area (Å²) in [7, 11) is 1.74. The first-order chi connectivity index (χ1) is 10.3. The van der Waals surface area contributed by atoms with Crippen molar-refractivity contribution in [1.29, 1.82) is 0 Å². The maximum Gasteiger partial charge on any atom is 0.234 e.